The minimum absolute atomic E-state index is 0.412. The second kappa shape index (κ2) is 4.65. The highest BCUT2D eigenvalue weighted by atomic mass is 35.5. The molecule has 0 bridgehead atoms. The largest absolute Gasteiger partial charge is 0.385 e. The molecule has 3 unspecified atom stereocenters. The lowest BCUT2D eigenvalue weighted by Gasteiger charge is -2.31. The Morgan fingerprint density at radius 3 is 2.77 bits per heavy atom. The number of ether oxygens (including phenoxy) is 1. The Balaban J connectivity index is 2.40. The Hall–Kier alpha value is 0.250. The van der Waals surface area contributed by atoms with Gasteiger partial charge in [0.2, 0.25) is 0 Å². The number of rotatable bonds is 4. The van der Waals surface area contributed by atoms with E-state index in [-0.39, 0.29) is 0 Å². The number of halogens is 1. The Kier molecular flexibility index (Phi) is 4.06. The normalized spacial score (nSPS) is 36.5. The summed E-state index contributed by atoms with van der Waals surface area (Å²) in [6.07, 6.45) is 4.82. The third-order valence-corrected chi connectivity index (χ3v) is 4.03. The zero-order chi connectivity index (χ0) is 9.90. The zero-order valence-electron chi connectivity index (χ0n) is 8.98. The van der Waals surface area contributed by atoms with Crippen LogP contribution in [0.5, 0.6) is 0 Å². The SMILES string of the molecule is COCCC(C)C1(C)CCC(Cl)C1. The third-order valence-electron chi connectivity index (χ3n) is 3.66. The van der Waals surface area contributed by atoms with Gasteiger partial charge < -0.3 is 4.74 Å². The van der Waals surface area contributed by atoms with E-state index in [9.17, 15) is 0 Å². The summed E-state index contributed by atoms with van der Waals surface area (Å²) in [6, 6.07) is 0. The fourth-order valence-corrected chi connectivity index (χ4v) is 2.75. The fraction of sp³-hybridized carbons (Fsp3) is 1.00. The smallest absolute Gasteiger partial charge is 0.0465 e. The molecule has 0 spiro atoms. The maximum Gasteiger partial charge on any atom is 0.0465 e. The summed E-state index contributed by atoms with van der Waals surface area (Å²) in [6.45, 7) is 5.58. The van der Waals surface area contributed by atoms with E-state index in [1.807, 2.05) is 0 Å². The summed E-state index contributed by atoms with van der Waals surface area (Å²) >= 11 is 6.14. The van der Waals surface area contributed by atoms with Gasteiger partial charge in [0.25, 0.3) is 0 Å². The van der Waals surface area contributed by atoms with Crippen molar-refractivity contribution in [1.29, 1.82) is 0 Å². The summed E-state index contributed by atoms with van der Waals surface area (Å²) in [5.41, 5.74) is 0.463. The predicted octanol–water partition coefficient (Wildman–Crippen LogP) is 3.46. The molecule has 78 valence electrons. The Morgan fingerprint density at radius 2 is 2.31 bits per heavy atom. The van der Waals surface area contributed by atoms with Crippen LogP contribution in [0.4, 0.5) is 0 Å². The summed E-state index contributed by atoms with van der Waals surface area (Å²) in [5, 5.41) is 0.412. The molecule has 0 amide bonds. The molecule has 13 heavy (non-hydrogen) atoms. The van der Waals surface area contributed by atoms with Crippen LogP contribution in [0.2, 0.25) is 0 Å². The molecule has 0 aromatic rings. The van der Waals surface area contributed by atoms with Gasteiger partial charge in [-0.15, -0.1) is 11.6 Å². The van der Waals surface area contributed by atoms with Gasteiger partial charge in [-0.25, -0.2) is 0 Å². The van der Waals surface area contributed by atoms with E-state index in [1.165, 1.54) is 19.3 Å². The molecule has 0 aromatic heterocycles. The van der Waals surface area contributed by atoms with Crippen molar-refractivity contribution < 1.29 is 4.74 Å². The third kappa shape index (κ3) is 2.85. The Bertz CT molecular complexity index is 160. The lowest BCUT2D eigenvalue weighted by molar-refractivity contribution is 0.129. The second-order valence-corrected chi connectivity index (χ2v) is 5.29. The van der Waals surface area contributed by atoms with E-state index in [0.29, 0.717) is 10.8 Å². The molecule has 0 aliphatic heterocycles. The molecule has 1 aliphatic rings. The molecule has 0 saturated heterocycles. The van der Waals surface area contributed by atoms with Gasteiger partial charge in [-0.3, -0.25) is 0 Å². The Morgan fingerprint density at radius 1 is 1.62 bits per heavy atom. The van der Waals surface area contributed by atoms with Crippen LogP contribution in [0.3, 0.4) is 0 Å². The van der Waals surface area contributed by atoms with Crippen LogP contribution >= 0.6 is 11.6 Å². The van der Waals surface area contributed by atoms with Gasteiger partial charge in [-0.05, 0) is 37.0 Å². The second-order valence-electron chi connectivity index (χ2n) is 4.68. The van der Waals surface area contributed by atoms with Crippen molar-refractivity contribution in [2.24, 2.45) is 11.3 Å². The van der Waals surface area contributed by atoms with Crippen LogP contribution < -0.4 is 0 Å². The highest BCUT2D eigenvalue weighted by Crippen LogP contribution is 2.46. The van der Waals surface area contributed by atoms with Crippen LogP contribution in [0.1, 0.15) is 39.5 Å². The molecule has 1 saturated carbocycles. The van der Waals surface area contributed by atoms with Crippen molar-refractivity contribution in [3.8, 4) is 0 Å². The van der Waals surface area contributed by atoms with Gasteiger partial charge >= 0.3 is 0 Å². The first-order valence-electron chi connectivity index (χ1n) is 5.21. The molecule has 1 fully saturated rings. The van der Waals surface area contributed by atoms with Crippen molar-refractivity contribution in [3.63, 3.8) is 0 Å². The van der Waals surface area contributed by atoms with Crippen molar-refractivity contribution in [1.82, 2.24) is 0 Å². The summed E-state index contributed by atoms with van der Waals surface area (Å²) in [7, 11) is 1.77. The van der Waals surface area contributed by atoms with Gasteiger partial charge in [-0.1, -0.05) is 13.8 Å². The molecule has 0 aromatic carbocycles. The molecule has 1 nitrogen and oxygen atoms in total. The lowest BCUT2D eigenvalue weighted by atomic mass is 9.75. The monoisotopic (exact) mass is 204 g/mol. The van der Waals surface area contributed by atoms with E-state index in [0.717, 1.165) is 18.9 Å². The minimum Gasteiger partial charge on any atom is -0.385 e. The summed E-state index contributed by atoms with van der Waals surface area (Å²) in [5.74, 6) is 0.733. The van der Waals surface area contributed by atoms with Crippen molar-refractivity contribution in [2.45, 2.75) is 44.9 Å². The van der Waals surface area contributed by atoms with E-state index < -0.39 is 0 Å². The van der Waals surface area contributed by atoms with Crippen LogP contribution in [0.15, 0.2) is 0 Å². The molecule has 0 radical (unpaired) electrons. The predicted molar refractivity (Wildman–Crippen MR) is 57.3 cm³/mol. The molecular weight excluding hydrogens is 184 g/mol. The first-order valence-corrected chi connectivity index (χ1v) is 5.65. The Labute approximate surface area is 86.8 Å². The first-order chi connectivity index (χ1) is 6.08. The number of methoxy groups -OCH3 is 1. The lowest BCUT2D eigenvalue weighted by Crippen LogP contribution is -2.23. The van der Waals surface area contributed by atoms with E-state index in [2.05, 4.69) is 13.8 Å². The molecular formula is C11H21ClO. The van der Waals surface area contributed by atoms with Crippen LogP contribution in [-0.4, -0.2) is 19.1 Å². The van der Waals surface area contributed by atoms with Gasteiger partial charge in [0.05, 0.1) is 0 Å². The highest BCUT2D eigenvalue weighted by molar-refractivity contribution is 6.20. The van der Waals surface area contributed by atoms with Gasteiger partial charge in [0.15, 0.2) is 0 Å². The quantitative estimate of drug-likeness (QED) is 0.638. The van der Waals surface area contributed by atoms with Crippen LogP contribution in [0, 0.1) is 11.3 Å². The zero-order valence-corrected chi connectivity index (χ0v) is 9.73. The van der Waals surface area contributed by atoms with Crippen molar-refractivity contribution in [2.75, 3.05) is 13.7 Å². The molecule has 1 aliphatic carbocycles. The van der Waals surface area contributed by atoms with Crippen molar-refractivity contribution in [3.05, 3.63) is 0 Å². The number of hydrogen-bond acceptors (Lipinski definition) is 1. The van der Waals surface area contributed by atoms with Crippen LogP contribution in [0.25, 0.3) is 0 Å². The molecule has 1 rings (SSSR count). The number of hydrogen-bond donors (Lipinski definition) is 0. The number of alkyl halides is 1. The van der Waals surface area contributed by atoms with Gasteiger partial charge in [0, 0.05) is 19.1 Å². The summed E-state index contributed by atoms with van der Waals surface area (Å²) < 4.78 is 5.11. The average molecular weight is 205 g/mol. The molecule has 0 heterocycles. The van der Waals surface area contributed by atoms with Gasteiger partial charge in [-0.2, -0.15) is 0 Å². The topological polar surface area (TPSA) is 9.23 Å². The summed E-state index contributed by atoms with van der Waals surface area (Å²) in [4.78, 5) is 0. The van der Waals surface area contributed by atoms with E-state index in [1.54, 1.807) is 7.11 Å². The first kappa shape index (κ1) is 11.3. The fourth-order valence-electron chi connectivity index (χ4n) is 2.29. The van der Waals surface area contributed by atoms with Crippen molar-refractivity contribution >= 4 is 11.6 Å². The average Bonchev–Trinajstić information content (AvgIpc) is 2.43. The van der Waals surface area contributed by atoms with Crippen LogP contribution in [-0.2, 0) is 4.74 Å². The standard InChI is InChI=1S/C11H21ClO/c1-9(5-7-13-3)11(2)6-4-10(12)8-11/h9-10H,4-8H2,1-3H3. The molecule has 0 N–H and O–H groups in total. The maximum absolute atomic E-state index is 6.14. The minimum atomic E-state index is 0.412. The van der Waals surface area contributed by atoms with E-state index in [4.69, 9.17) is 16.3 Å². The highest BCUT2D eigenvalue weighted by Gasteiger charge is 2.38. The van der Waals surface area contributed by atoms with E-state index >= 15 is 0 Å². The molecule has 2 heteroatoms. The van der Waals surface area contributed by atoms with Gasteiger partial charge in [0.1, 0.15) is 0 Å². The maximum atomic E-state index is 6.14. The molecule has 3 atom stereocenters.